The molecule has 1 aromatic carbocycles. The van der Waals surface area contributed by atoms with Crippen LogP contribution in [0.2, 0.25) is 0 Å². The van der Waals surface area contributed by atoms with Crippen LogP contribution in [0.25, 0.3) is 0 Å². The molecular weight excluding hydrogens is 202 g/mol. The summed E-state index contributed by atoms with van der Waals surface area (Å²) >= 11 is 0. The Labute approximate surface area is 85.8 Å². The summed E-state index contributed by atoms with van der Waals surface area (Å²) in [5, 5.41) is 4.33. The summed E-state index contributed by atoms with van der Waals surface area (Å²) in [6.45, 7) is 1.70. The fourth-order valence-electron chi connectivity index (χ4n) is 0.926. The molecule has 0 radical (unpaired) electrons. The van der Waals surface area contributed by atoms with Crippen LogP contribution in [0.5, 0.6) is 0 Å². The monoisotopic (exact) mass is 212 g/mol. The van der Waals surface area contributed by atoms with Crippen LogP contribution in [-0.4, -0.2) is 6.03 Å². The Kier molecular flexibility index (Phi) is 3.79. The fourth-order valence-corrected chi connectivity index (χ4v) is 0.926. The van der Waals surface area contributed by atoms with Gasteiger partial charge in [0.1, 0.15) is 17.3 Å². The van der Waals surface area contributed by atoms with Crippen LogP contribution in [0.4, 0.5) is 19.3 Å². The third-order valence-corrected chi connectivity index (χ3v) is 1.58. The lowest BCUT2D eigenvalue weighted by molar-refractivity contribution is 0.255. The van der Waals surface area contributed by atoms with E-state index >= 15 is 0 Å². The van der Waals surface area contributed by atoms with Gasteiger partial charge in [-0.2, -0.15) is 0 Å². The Bertz CT molecular complexity index is 371. The van der Waals surface area contributed by atoms with E-state index in [0.29, 0.717) is 0 Å². The standard InChI is InChI=1S/C10H10F2N2O/c1-2-6-13-10(15)14-9-7(11)4-3-5-8(9)12/h2-6H,1H3,(H2,13,14,15)/b6-2+. The number of allylic oxidation sites excluding steroid dienone is 1. The maximum absolute atomic E-state index is 13.0. The van der Waals surface area contributed by atoms with Gasteiger partial charge in [-0.3, -0.25) is 0 Å². The maximum atomic E-state index is 13.0. The van der Waals surface area contributed by atoms with Gasteiger partial charge >= 0.3 is 6.03 Å². The highest BCUT2D eigenvalue weighted by Gasteiger charge is 2.10. The third kappa shape index (κ3) is 3.05. The maximum Gasteiger partial charge on any atom is 0.323 e. The van der Waals surface area contributed by atoms with Gasteiger partial charge in [0.15, 0.2) is 0 Å². The normalized spacial score (nSPS) is 10.3. The summed E-state index contributed by atoms with van der Waals surface area (Å²) in [5.41, 5.74) is -0.459. The zero-order valence-electron chi connectivity index (χ0n) is 8.05. The molecule has 5 heteroatoms. The molecule has 0 aromatic heterocycles. The summed E-state index contributed by atoms with van der Waals surface area (Å²) in [5.74, 6) is -1.63. The van der Waals surface area contributed by atoms with Crippen LogP contribution in [0.15, 0.2) is 30.5 Å². The summed E-state index contributed by atoms with van der Waals surface area (Å²) in [6.07, 6.45) is 2.94. The molecule has 0 fully saturated rings. The number of amides is 2. The van der Waals surface area contributed by atoms with Crippen LogP contribution in [0, 0.1) is 11.6 Å². The third-order valence-electron chi connectivity index (χ3n) is 1.58. The second kappa shape index (κ2) is 5.09. The zero-order valence-corrected chi connectivity index (χ0v) is 8.05. The number of para-hydroxylation sites is 1. The van der Waals surface area contributed by atoms with Gasteiger partial charge in [0.05, 0.1) is 0 Å². The number of carbonyl (C=O) groups is 1. The molecule has 0 aliphatic rings. The van der Waals surface area contributed by atoms with E-state index in [4.69, 9.17) is 0 Å². The minimum absolute atomic E-state index is 0.459. The lowest BCUT2D eigenvalue weighted by Gasteiger charge is -2.06. The molecule has 0 spiro atoms. The van der Waals surface area contributed by atoms with E-state index in [1.54, 1.807) is 13.0 Å². The number of benzene rings is 1. The first kappa shape index (κ1) is 11.2. The average molecular weight is 212 g/mol. The Morgan fingerprint density at radius 1 is 1.33 bits per heavy atom. The van der Waals surface area contributed by atoms with E-state index < -0.39 is 23.4 Å². The van der Waals surface area contributed by atoms with Crippen molar-refractivity contribution in [1.29, 1.82) is 0 Å². The van der Waals surface area contributed by atoms with E-state index in [0.717, 1.165) is 12.1 Å². The van der Waals surface area contributed by atoms with E-state index in [2.05, 4.69) is 10.6 Å². The lowest BCUT2D eigenvalue weighted by atomic mass is 10.3. The van der Waals surface area contributed by atoms with Gasteiger partial charge < -0.3 is 10.6 Å². The first-order valence-corrected chi connectivity index (χ1v) is 4.28. The van der Waals surface area contributed by atoms with Crippen molar-refractivity contribution in [2.24, 2.45) is 0 Å². The number of hydrogen-bond donors (Lipinski definition) is 2. The van der Waals surface area contributed by atoms with Crippen molar-refractivity contribution in [1.82, 2.24) is 5.32 Å². The molecule has 1 rings (SSSR count). The molecule has 2 amide bonds. The molecule has 15 heavy (non-hydrogen) atoms. The Hall–Kier alpha value is -1.91. The van der Waals surface area contributed by atoms with Gasteiger partial charge in [0.2, 0.25) is 0 Å². The average Bonchev–Trinajstić information content (AvgIpc) is 2.21. The Morgan fingerprint density at radius 3 is 2.47 bits per heavy atom. The summed E-state index contributed by atoms with van der Waals surface area (Å²) in [4.78, 5) is 11.1. The quantitative estimate of drug-likeness (QED) is 0.777. The van der Waals surface area contributed by atoms with E-state index in [1.807, 2.05) is 0 Å². The molecule has 2 N–H and O–H groups in total. The molecule has 1 aromatic rings. The van der Waals surface area contributed by atoms with Crippen molar-refractivity contribution < 1.29 is 13.6 Å². The molecule has 3 nitrogen and oxygen atoms in total. The summed E-state index contributed by atoms with van der Waals surface area (Å²) < 4.78 is 26.1. The van der Waals surface area contributed by atoms with Crippen LogP contribution < -0.4 is 10.6 Å². The predicted octanol–water partition coefficient (Wildman–Crippen LogP) is 2.62. The van der Waals surface area contributed by atoms with Gasteiger partial charge in [0.25, 0.3) is 0 Å². The second-order valence-corrected chi connectivity index (χ2v) is 2.70. The molecule has 0 aliphatic heterocycles. The Morgan fingerprint density at radius 2 is 1.93 bits per heavy atom. The van der Waals surface area contributed by atoms with Crippen molar-refractivity contribution in [3.05, 3.63) is 42.1 Å². The molecule has 0 heterocycles. The molecular formula is C10H10F2N2O. The van der Waals surface area contributed by atoms with E-state index in [-0.39, 0.29) is 0 Å². The van der Waals surface area contributed by atoms with Gasteiger partial charge in [-0.1, -0.05) is 12.1 Å². The number of anilines is 1. The molecule has 0 saturated carbocycles. The van der Waals surface area contributed by atoms with Gasteiger partial charge in [-0.25, -0.2) is 13.6 Å². The number of nitrogens with one attached hydrogen (secondary N) is 2. The topological polar surface area (TPSA) is 41.1 Å². The predicted molar refractivity (Wildman–Crippen MR) is 53.3 cm³/mol. The number of rotatable bonds is 2. The molecule has 0 unspecified atom stereocenters. The summed E-state index contributed by atoms with van der Waals surface area (Å²) in [6, 6.07) is 2.65. The van der Waals surface area contributed by atoms with Gasteiger partial charge in [-0.15, -0.1) is 0 Å². The minimum Gasteiger partial charge on any atom is -0.315 e. The number of halogens is 2. The smallest absolute Gasteiger partial charge is 0.315 e. The number of urea groups is 1. The van der Waals surface area contributed by atoms with E-state index in [9.17, 15) is 13.6 Å². The van der Waals surface area contributed by atoms with Crippen molar-refractivity contribution >= 4 is 11.7 Å². The van der Waals surface area contributed by atoms with Gasteiger partial charge in [0, 0.05) is 6.20 Å². The highest BCUT2D eigenvalue weighted by Crippen LogP contribution is 2.17. The largest absolute Gasteiger partial charge is 0.323 e. The Balaban J connectivity index is 2.76. The number of carbonyl (C=O) groups excluding carboxylic acids is 1. The first-order valence-electron chi connectivity index (χ1n) is 4.28. The van der Waals surface area contributed by atoms with Crippen molar-refractivity contribution in [2.75, 3.05) is 5.32 Å². The van der Waals surface area contributed by atoms with Crippen molar-refractivity contribution in [3.8, 4) is 0 Å². The zero-order chi connectivity index (χ0) is 11.3. The van der Waals surface area contributed by atoms with Crippen LogP contribution in [-0.2, 0) is 0 Å². The number of hydrogen-bond acceptors (Lipinski definition) is 1. The first-order chi connectivity index (χ1) is 7.15. The molecule has 0 aliphatic carbocycles. The highest BCUT2D eigenvalue weighted by molar-refractivity contribution is 5.90. The van der Waals surface area contributed by atoms with Crippen molar-refractivity contribution in [2.45, 2.75) is 6.92 Å². The van der Waals surface area contributed by atoms with Crippen molar-refractivity contribution in [3.63, 3.8) is 0 Å². The fraction of sp³-hybridized carbons (Fsp3) is 0.100. The van der Waals surface area contributed by atoms with Crippen LogP contribution >= 0.6 is 0 Å². The van der Waals surface area contributed by atoms with E-state index in [1.165, 1.54) is 12.3 Å². The van der Waals surface area contributed by atoms with Gasteiger partial charge in [-0.05, 0) is 19.1 Å². The molecule has 0 atom stereocenters. The van der Waals surface area contributed by atoms with Crippen LogP contribution in [0.3, 0.4) is 0 Å². The lowest BCUT2D eigenvalue weighted by Crippen LogP contribution is -2.24. The van der Waals surface area contributed by atoms with Crippen LogP contribution in [0.1, 0.15) is 6.92 Å². The highest BCUT2D eigenvalue weighted by atomic mass is 19.1. The molecule has 80 valence electrons. The molecule has 0 bridgehead atoms. The summed E-state index contributed by atoms with van der Waals surface area (Å²) in [7, 11) is 0. The SMILES string of the molecule is C/C=C/NC(=O)Nc1c(F)cccc1F. The second-order valence-electron chi connectivity index (χ2n) is 2.70. The molecule has 0 saturated heterocycles. The minimum atomic E-state index is -0.814.